The number of pyridine rings is 2. The Bertz CT molecular complexity index is 1500. The molecule has 0 atom stereocenters. The highest BCUT2D eigenvalue weighted by Gasteiger charge is 2.19. The summed E-state index contributed by atoms with van der Waals surface area (Å²) in [6.45, 7) is 0. The molecule has 0 aliphatic rings. The van der Waals surface area contributed by atoms with Crippen LogP contribution in [0.15, 0.2) is 73.3 Å². The van der Waals surface area contributed by atoms with Crippen molar-refractivity contribution in [3.63, 3.8) is 0 Å². The molecule has 154 valence electrons. The van der Waals surface area contributed by atoms with Crippen LogP contribution in [0.3, 0.4) is 0 Å². The molecule has 32 heavy (non-hydrogen) atoms. The first-order chi connectivity index (χ1) is 15.7. The lowest BCUT2D eigenvalue weighted by atomic mass is 9.95. The zero-order valence-electron chi connectivity index (χ0n) is 17.4. The summed E-state index contributed by atoms with van der Waals surface area (Å²) in [5, 5.41) is 0. The molecule has 0 bridgehead atoms. The van der Waals surface area contributed by atoms with Gasteiger partial charge in [-0.05, 0) is 12.1 Å². The highest BCUT2D eigenvalue weighted by molar-refractivity contribution is 7.00. The summed E-state index contributed by atoms with van der Waals surface area (Å²) >= 11 is 2.48. The third kappa shape index (κ3) is 3.07. The maximum Gasteiger partial charge on any atom is 0.176 e. The van der Waals surface area contributed by atoms with E-state index in [2.05, 4.69) is 66.3 Å². The van der Waals surface area contributed by atoms with Gasteiger partial charge in [-0.3, -0.25) is 0 Å². The maximum absolute atomic E-state index is 4.66. The first-order valence-electron chi connectivity index (χ1n) is 10.1. The summed E-state index contributed by atoms with van der Waals surface area (Å²) in [4.78, 5) is 0. The molecule has 8 heteroatoms. The van der Waals surface area contributed by atoms with E-state index in [1.165, 1.54) is 23.5 Å². The quantitative estimate of drug-likeness (QED) is 0.373. The van der Waals surface area contributed by atoms with Crippen LogP contribution in [0.1, 0.15) is 0 Å². The van der Waals surface area contributed by atoms with Gasteiger partial charge < -0.3 is 0 Å². The maximum atomic E-state index is 4.66. The van der Waals surface area contributed by atoms with Gasteiger partial charge in [-0.2, -0.15) is 17.5 Å². The molecule has 4 aromatic heterocycles. The van der Waals surface area contributed by atoms with E-state index in [1.807, 2.05) is 47.8 Å². The number of hydrogen-bond acceptors (Lipinski definition) is 6. The fourth-order valence-corrected chi connectivity index (χ4v) is 5.28. The van der Waals surface area contributed by atoms with Crippen LogP contribution in [0.2, 0.25) is 0 Å². The number of aryl methyl sites for hydroxylation is 2. The lowest BCUT2D eigenvalue weighted by Gasteiger charge is -2.08. The molecule has 4 heterocycles. The zero-order chi connectivity index (χ0) is 21.7. The molecule has 6 rings (SSSR count). The van der Waals surface area contributed by atoms with Crippen LogP contribution < -0.4 is 9.13 Å². The van der Waals surface area contributed by atoms with E-state index in [-0.39, 0.29) is 0 Å². The van der Waals surface area contributed by atoms with Gasteiger partial charge in [-0.15, -0.1) is 0 Å². The smallest absolute Gasteiger partial charge is 0.176 e. The SMILES string of the molecule is C[n+]1cccc(-c2ccc(-c3ccc(-c4ccc[n+](C)c4)c4nsnc34)c3nsnc23)c1. The summed E-state index contributed by atoms with van der Waals surface area (Å²) < 4.78 is 22.7. The van der Waals surface area contributed by atoms with Crippen molar-refractivity contribution >= 4 is 45.5 Å². The second kappa shape index (κ2) is 7.51. The van der Waals surface area contributed by atoms with E-state index >= 15 is 0 Å². The second-order valence-electron chi connectivity index (χ2n) is 7.76. The molecule has 0 aliphatic carbocycles. The van der Waals surface area contributed by atoms with Crippen LogP contribution in [-0.2, 0) is 14.1 Å². The minimum Gasteiger partial charge on any atom is -0.207 e. The second-order valence-corrected chi connectivity index (χ2v) is 8.82. The van der Waals surface area contributed by atoms with Gasteiger partial charge in [0.15, 0.2) is 24.8 Å². The summed E-state index contributed by atoms with van der Waals surface area (Å²) in [6.07, 6.45) is 8.25. The first-order valence-corrected chi connectivity index (χ1v) is 11.6. The highest BCUT2D eigenvalue weighted by atomic mass is 32.1. The standard InChI is InChI=1S/C24H18N6S2/c1-29-11-3-5-15(13-29)17-7-9-19(23-21(17)25-31-27-23)20-10-8-18(22-24(20)28-32-26-22)16-6-4-12-30(2)14-16/h3-14H,1-2H3/q+2. The molecule has 0 aliphatic heterocycles. The average molecular weight is 455 g/mol. The van der Waals surface area contributed by atoms with Gasteiger partial charge in [-0.25, -0.2) is 9.13 Å². The van der Waals surface area contributed by atoms with Gasteiger partial charge in [0.2, 0.25) is 0 Å². The molecular formula is C24H18N6S2+2. The molecule has 0 unspecified atom stereocenters. The minimum absolute atomic E-state index is 0.896. The molecule has 0 N–H and O–H groups in total. The Morgan fingerprint density at radius 1 is 0.531 bits per heavy atom. The monoisotopic (exact) mass is 454 g/mol. The predicted molar refractivity (Wildman–Crippen MR) is 127 cm³/mol. The van der Waals surface area contributed by atoms with Crippen LogP contribution in [0.25, 0.3) is 55.4 Å². The van der Waals surface area contributed by atoms with E-state index < -0.39 is 0 Å². The van der Waals surface area contributed by atoms with E-state index in [4.69, 9.17) is 0 Å². The summed E-state index contributed by atoms with van der Waals surface area (Å²) in [7, 11) is 4.04. The molecule has 0 amide bonds. The Balaban J connectivity index is 1.56. The fraction of sp³-hybridized carbons (Fsp3) is 0.0833. The third-order valence-corrected chi connectivity index (χ3v) is 6.68. The predicted octanol–water partition coefficient (Wildman–Crippen LogP) is 4.35. The Kier molecular flexibility index (Phi) is 4.48. The molecule has 6 nitrogen and oxygen atoms in total. The highest BCUT2D eigenvalue weighted by Crippen LogP contribution is 2.39. The van der Waals surface area contributed by atoms with Crippen LogP contribution in [0, 0.1) is 0 Å². The number of benzene rings is 2. The molecule has 2 aromatic carbocycles. The Morgan fingerprint density at radius 3 is 1.31 bits per heavy atom. The minimum atomic E-state index is 0.896. The van der Waals surface area contributed by atoms with Gasteiger partial charge in [0.1, 0.15) is 36.2 Å². The van der Waals surface area contributed by atoms with Crippen molar-refractivity contribution in [2.24, 2.45) is 14.1 Å². The Hall–Kier alpha value is -3.62. The van der Waals surface area contributed by atoms with Crippen molar-refractivity contribution in [3.8, 4) is 33.4 Å². The topological polar surface area (TPSA) is 59.3 Å². The third-order valence-electron chi connectivity index (χ3n) is 5.62. The normalized spacial score (nSPS) is 11.4. The van der Waals surface area contributed by atoms with Gasteiger partial charge in [-0.1, -0.05) is 24.3 Å². The van der Waals surface area contributed by atoms with Crippen molar-refractivity contribution in [1.29, 1.82) is 0 Å². The fourth-order valence-electron chi connectivity index (χ4n) is 4.13. The first kappa shape index (κ1) is 19.1. The number of hydrogen-bond donors (Lipinski definition) is 0. The van der Waals surface area contributed by atoms with Gasteiger partial charge >= 0.3 is 0 Å². The molecular weight excluding hydrogens is 436 g/mol. The Labute approximate surface area is 192 Å². The molecule has 0 fully saturated rings. The summed E-state index contributed by atoms with van der Waals surface area (Å²) in [5.74, 6) is 0. The molecule has 0 radical (unpaired) electrons. The van der Waals surface area contributed by atoms with Crippen molar-refractivity contribution in [3.05, 3.63) is 73.3 Å². The number of aromatic nitrogens is 6. The lowest BCUT2D eigenvalue weighted by molar-refractivity contribution is -0.671. The van der Waals surface area contributed by atoms with Crippen LogP contribution in [0.5, 0.6) is 0 Å². The lowest BCUT2D eigenvalue weighted by Crippen LogP contribution is -2.26. The van der Waals surface area contributed by atoms with Gasteiger partial charge in [0.05, 0.1) is 23.5 Å². The van der Waals surface area contributed by atoms with Crippen LogP contribution >= 0.6 is 23.5 Å². The molecule has 6 aromatic rings. The molecule has 0 saturated heterocycles. The zero-order valence-corrected chi connectivity index (χ0v) is 19.1. The number of rotatable bonds is 3. The van der Waals surface area contributed by atoms with Gasteiger partial charge in [0, 0.05) is 45.5 Å². The largest absolute Gasteiger partial charge is 0.207 e. The van der Waals surface area contributed by atoms with Crippen LogP contribution in [-0.4, -0.2) is 17.5 Å². The van der Waals surface area contributed by atoms with Crippen molar-refractivity contribution < 1.29 is 9.13 Å². The molecule has 0 saturated carbocycles. The van der Waals surface area contributed by atoms with Crippen molar-refractivity contribution in [2.45, 2.75) is 0 Å². The molecule has 0 spiro atoms. The summed E-state index contributed by atoms with van der Waals surface area (Å²) in [5.41, 5.74) is 10.1. The van der Waals surface area contributed by atoms with Crippen molar-refractivity contribution in [1.82, 2.24) is 17.5 Å². The number of nitrogens with zero attached hydrogens (tertiary/aromatic N) is 6. The van der Waals surface area contributed by atoms with Crippen LogP contribution in [0.4, 0.5) is 0 Å². The summed E-state index contributed by atoms with van der Waals surface area (Å²) in [6, 6.07) is 16.8. The Morgan fingerprint density at radius 2 is 0.906 bits per heavy atom. The number of fused-ring (bicyclic) bond motifs is 2. The van der Waals surface area contributed by atoms with E-state index in [9.17, 15) is 0 Å². The van der Waals surface area contributed by atoms with E-state index in [1.54, 1.807) is 0 Å². The van der Waals surface area contributed by atoms with E-state index in [0.29, 0.717) is 0 Å². The van der Waals surface area contributed by atoms with Crippen molar-refractivity contribution in [2.75, 3.05) is 0 Å². The average Bonchev–Trinajstić information content (AvgIpc) is 3.48. The van der Waals surface area contributed by atoms with E-state index in [0.717, 1.165) is 55.4 Å². The van der Waals surface area contributed by atoms with Gasteiger partial charge in [0.25, 0.3) is 0 Å².